The number of piperidine rings is 1. The summed E-state index contributed by atoms with van der Waals surface area (Å²) in [5.74, 6) is 1.67. The molecule has 23 heavy (non-hydrogen) atoms. The Hall–Kier alpha value is -2.54. The number of nitrogens with zero attached hydrogens (tertiary/aromatic N) is 5. The minimum Gasteiger partial charge on any atom is -0.382 e. The van der Waals surface area contributed by atoms with Crippen LogP contribution in [0.2, 0.25) is 0 Å². The third kappa shape index (κ3) is 2.87. The van der Waals surface area contributed by atoms with Crippen LogP contribution in [0.4, 0.5) is 5.82 Å². The fourth-order valence-corrected chi connectivity index (χ4v) is 3.15. The van der Waals surface area contributed by atoms with Crippen LogP contribution in [0, 0.1) is 0 Å². The first-order valence-electron chi connectivity index (χ1n) is 7.87. The SMILES string of the molecule is Nc1nc(C2CCN(Cc3ccncc3)CC2)nc2nc[nH]c12. The number of nitrogens with one attached hydrogen (secondary N) is 1. The van der Waals surface area contributed by atoms with Crippen molar-refractivity contribution in [3.05, 3.63) is 42.2 Å². The summed E-state index contributed by atoms with van der Waals surface area (Å²) >= 11 is 0. The molecule has 0 unspecified atom stereocenters. The second-order valence-electron chi connectivity index (χ2n) is 5.97. The minimum atomic E-state index is 0.354. The fraction of sp³-hybridized carbons (Fsp3) is 0.375. The molecule has 4 rings (SSSR count). The fourth-order valence-electron chi connectivity index (χ4n) is 3.15. The molecule has 3 N–H and O–H groups in total. The number of fused-ring (bicyclic) bond motifs is 1. The standard InChI is InChI=1S/C16H19N7/c17-14-13-16(20-10-19-13)22-15(21-14)12-3-7-23(8-4-12)9-11-1-5-18-6-2-11/h1-2,5-6,10,12H,3-4,7-9H2,(H3,17,19,20,21,22). The topological polar surface area (TPSA) is 96.6 Å². The summed E-state index contributed by atoms with van der Waals surface area (Å²) in [6, 6.07) is 4.14. The zero-order valence-electron chi connectivity index (χ0n) is 12.8. The Morgan fingerprint density at radius 3 is 2.74 bits per heavy atom. The number of likely N-dealkylation sites (tertiary alicyclic amines) is 1. The highest BCUT2D eigenvalue weighted by Crippen LogP contribution is 2.28. The molecule has 3 aromatic rings. The first-order valence-corrected chi connectivity index (χ1v) is 7.87. The number of aromatic nitrogens is 5. The van der Waals surface area contributed by atoms with E-state index in [0.717, 1.165) is 43.8 Å². The summed E-state index contributed by atoms with van der Waals surface area (Å²) in [5, 5.41) is 0. The third-order valence-corrected chi connectivity index (χ3v) is 4.44. The number of hydrogen-bond donors (Lipinski definition) is 2. The van der Waals surface area contributed by atoms with Gasteiger partial charge in [-0.25, -0.2) is 15.0 Å². The van der Waals surface area contributed by atoms with Gasteiger partial charge < -0.3 is 10.7 Å². The van der Waals surface area contributed by atoms with Crippen LogP contribution in [0.1, 0.15) is 30.1 Å². The number of imidazole rings is 1. The van der Waals surface area contributed by atoms with Crippen molar-refractivity contribution in [2.75, 3.05) is 18.8 Å². The van der Waals surface area contributed by atoms with Gasteiger partial charge in [0.2, 0.25) is 0 Å². The van der Waals surface area contributed by atoms with E-state index in [1.165, 1.54) is 5.56 Å². The Morgan fingerprint density at radius 2 is 1.96 bits per heavy atom. The molecule has 4 heterocycles. The van der Waals surface area contributed by atoms with Gasteiger partial charge in [0.15, 0.2) is 11.5 Å². The van der Waals surface area contributed by atoms with Crippen LogP contribution in [0.15, 0.2) is 30.9 Å². The lowest BCUT2D eigenvalue weighted by Crippen LogP contribution is -2.33. The number of nitrogen functional groups attached to an aromatic ring is 1. The first-order chi connectivity index (χ1) is 11.3. The molecule has 1 aliphatic rings. The van der Waals surface area contributed by atoms with Crippen molar-refractivity contribution in [2.45, 2.75) is 25.3 Å². The Balaban J connectivity index is 1.44. The summed E-state index contributed by atoms with van der Waals surface area (Å²) in [4.78, 5) is 22.7. The van der Waals surface area contributed by atoms with Crippen LogP contribution in [0.25, 0.3) is 11.2 Å². The van der Waals surface area contributed by atoms with Gasteiger partial charge >= 0.3 is 0 Å². The van der Waals surface area contributed by atoms with Gasteiger partial charge in [-0.05, 0) is 43.6 Å². The maximum atomic E-state index is 6.00. The molecule has 0 atom stereocenters. The quantitative estimate of drug-likeness (QED) is 0.764. The molecule has 1 fully saturated rings. The second-order valence-corrected chi connectivity index (χ2v) is 5.97. The number of nitrogens with two attached hydrogens (primary N) is 1. The zero-order chi connectivity index (χ0) is 15.6. The van der Waals surface area contributed by atoms with Gasteiger partial charge in [-0.15, -0.1) is 0 Å². The van der Waals surface area contributed by atoms with E-state index in [4.69, 9.17) is 5.73 Å². The first kappa shape index (κ1) is 14.1. The van der Waals surface area contributed by atoms with Crippen LogP contribution in [0.5, 0.6) is 0 Å². The van der Waals surface area contributed by atoms with Gasteiger partial charge in [0.25, 0.3) is 0 Å². The number of rotatable bonds is 3. The largest absolute Gasteiger partial charge is 0.382 e. The predicted octanol–water partition coefficient (Wildman–Crippen LogP) is 1.71. The minimum absolute atomic E-state index is 0.354. The lowest BCUT2D eigenvalue weighted by atomic mass is 9.95. The smallest absolute Gasteiger partial charge is 0.183 e. The van der Waals surface area contributed by atoms with Crippen molar-refractivity contribution in [3.63, 3.8) is 0 Å². The summed E-state index contributed by atoms with van der Waals surface area (Å²) in [6.07, 6.45) is 7.38. The van der Waals surface area contributed by atoms with Crippen molar-refractivity contribution in [1.29, 1.82) is 0 Å². The average molecular weight is 309 g/mol. The highest BCUT2D eigenvalue weighted by atomic mass is 15.1. The Morgan fingerprint density at radius 1 is 1.17 bits per heavy atom. The Bertz CT molecular complexity index is 791. The van der Waals surface area contributed by atoms with E-state index < -0.39 is 0 Å². The van der Waals surface area contributed by atoms with E-state index in [2.05, 4.69) is 42.0 Å². The van der Waals surface area contributed by atoms with Gasteiger partial charge in [-0.2, -0.15) is 0 Å². The van der Waals surface area contributed by atoms with E-state index in [1.54, 1.807) is 6.33 Å². The summed E-state index contributed by atoms with van der Waals surface area (Å²) in [5.41, 5.74) is 8.69. The molecule has 1 saturated heterocycles. The van der Waals surface area contributed by atoms with E-state index in [1.807, 2.05) is 12.4 Å². The van der Waals surface area contributed by atoms with Gasteiger partial charge in [-0.3, -0.25) is 9.88 Å². The molecule has 1 aliphatic heterocycles. The van der Waals surface area contributed by atoms with Gasteiger partial charge in [0.05, 0.1) is 6.33 Å². The molecule has 0 spiro atoms. The van der Waals surface area contributed by atoms with Gasteiger partial charge in [0, 0.05) is 24.9 Å². The summed E-state index contributed by atoms with van der Waals surface area (Å²) in [6.45, 7) is 3.04. The summed E-state index contributed by atoms with van der Waals surface area (Å²) in [7, 11) is 0. The highest BCUT2D eigenvalue weighted by molar-refractivity contribution is 5.80. The maximum Gasteiger partial charge on any atom is 0.183 e. The van der Waals surface area contributed by atoms with Crippen molar-refractivity contribution >= 4 is 17.0 Å². The molecule has 0 amide bonds. The lowest BCUT2D eigenvalue weighted by molar-refractivity contribution is 0.202. The molecular weight excluding hydrogens is 290 g/mol. The van der Waals surface area contributed by atoms with Crippen LogP contribution in [-0.2, 0) is 6.54 Å². The molecule has 0 saturated carbocycles. The zero-order valence-corrected chi connectivity index (χ0v) is 12.8. The number of hydrogen-bond acceptors (Lipinski definition) is 6. The van der Waals surface area contributed by atoms with Crippen LogP contribution >= 0.6 is 0 Å². The van der Waals surface area contributed by atoms with E-state index in [9.17, 15) is 0 Å². The normalized spacial score (nSPS) is 16.9. The molecule has 0 radical (unpaired) electrons. The van der Waals surface area contributed by atoms with E-state index in [0.29, 0.717) is 17.4 Å². The van der Waals surface area contributed by atoms with Gasteiger partial charge in [0.1, 0.15) is 11.3 Å². The number of anilines is 1. The molecule has 3 aromatic heterocycles. The van der Waals surface area contributed by atoms with Crippen LogP contribution in [0.3, 0.4) is 0 Å². The van der Waals surface area contributed by atoms with Crippen molar-refractivity contribution in [1.82, 2.24) is 29.8 Å². The monoisotopic (exact) mass is 309 g/mol. The Kier molecular flexibility index (Phi) is 3.63. The lowest BCUT2D eigenvalue weighted by Gasteiger charge is -2.31. The second kappa shape index (κ2) is 5.92. The molecule has 7 heteroatoms. The predicted molar refractivity (Wildman–Crippen MR) is 87.6 cm³/mol. The average Bonchev–Trinajstić information content (AvgIpc) is 3.06. The molecule has 7 nitrogen and oxygen atoms in total. The summed E-state index contributed by atoms with van der Waals surface area (Å²) < 4.78 is 0. The Labute approximate surface area is 134 Å². The van der Waals surface area contributed by atoms with E-state index in [-0.39, 0.29) is 0 Å². The van der Waals surface area contributed by atoms with E-state index >= 15 is 0 Å². The molecule has 0 aromatic carbocycles. The van der Waals surface area contributed by atoms with Crippen molar-refractivity contribution in [3.8, 4) is 0 Å². The molecule has 0 bridgehead atoms. The van der Waals surface area contributed by atoms with Crippen molar-refractivity contribution < 1.29 is 0 Å². The molecular formula is C16H19N7. The van der Waals surface area contributed by atoms with Crippen LogP contribution in [-0.4, -0.2) is 42.9 Å². The van der Waals surface area contributed by atoms with Crippen molar-refractivity contribution in [2.24, 2.45) is 0 Å². The molecule has 118 valence electrons. The number of pyridine rings is 1. The molecule has 0 aliphatic carbocycles. The van der Waals surface area contributed by atoms with Gasteiger partial charge in [-0.1, -0.05) is 0 Å². The third-order valence-electron chi connectivity index (χ3n) is 4.44. The number of H-pyrrole nitrogens is 1. The number of aromatic amines is 1. The highest BCUT2D eigenvalue weighted by Gasteiger charge is 2.24. The maximum absolute atomic E-state index is 6.00. The van der Waals surface area contributed by atoms with Crippen LogP contribution < -0.4 is 5.73 Å².